The summed E-state index contributed by atoms with van der Waals surface area (Å²) >= 11 is 0. The minimum atomic E-state index is 0.401. The number of guanidine groups is 1. The molecule has 3 rings (SSSR count). The molecule has 0 aromatic heterocycles. The first-order valence-electron chi connectivity index (χ1n) is 7.87. The first kappa shape index (κ1) is 14.2. The number of anilines is 1. The molecule has 3 unspecified atom stereocenters. The molecule has 1 heterocycles. The molecule has 0 saturated carbocycles. The summed E-state index contributed by atoms with van der Waals surface area (Å²) in [4.78, 5) is 6.78. The fourth-order valence-corrected chi connectivity index (χ4v) is 3.87. The lowest BCUT2D eigenvalue weighted by molar-refractivity contribution is 0.350. The summed E-state index contributed by atoms with van der Waals surface area (Å²) in [5.41, 5.74) is 10.1. The Bertz CT molecular complexity index is 588. The molecule has 0 saturated heterocycles. The summed E-state index contributed by atoms with van der Waals surface area (Å²) in [6.45, 7) is 7.51. The number of nitrogens with zero attached hydrogens (tertiary/aromatic N) is 2. The van der Waals surface area contributed by atoms with Crippen molar-refractivity contribution in [3.63, 3.8) is 0 Å². The third kappa shape index (κ3) is 2.82. The predicted molar refractivity (Wildman–Crippen MR) is 89.6 cm³/mol. The van der Waals surface area contributed by atoms with Crippen LogP contribution in [0.5, 0.6) is 0 Å². The molecule has 3 nitrogen and oxygen atoms in total. The van der Waals surface area contributed by atoms with Crippen LogP contribution in [0.3, 0.4) is 0 Å². The lowest BCUT2D eigenvalue weighted by Crippen LogP contribution is -2.45. The zero-order valence-corrected chi connectivity index (χ0v) is 13.2. The lowest BCUT2D eigenvalue weighted by atomic mass is 9.79. The average molecular weight is 283 g/mol. The van der Waals surface area contributed by atoms with Crippen LogP contribution in [0.4, 0.5) is 5.69 Å². The Kier molecular flexibility index (Phi) is 3.75. The van der Waals surface area contributed by atoms with Gasteiger partial charge in [0.15, 0.2) is 5.96 Å². The van der Waals surface area contributed by atoms with Crippen molar-refractivity contribution in [1.82, 2.24) is 0 Å². The minimum Gasteiger partial charge on any atom is -0.370 e. The summed E-state index contributed by atoms with van der Waals surface area (Å²) in [6.07, 6.45) is 4.81. The van der Waals surface area contributed by atoms with Crippen LogP contribution in [0.2, 0.25) is 0 Å². The van der Waals surface area contributed by atoms with Crippen LogP contribution in [-0.2, 0) is 0 Å². The third-order valence-electron chi connectivity index (χ3n) is 4.67. The number of nitrogens with two attached hydrogens (primary N) is 1. The molecule has 1 aliphatic carbocycles. The number of hydrogen-bond acceptors (Lipinski definition) is 3. The second-order valence-electron chi connectivity index (χ2n) is 6.67. The molecule has 0 amide bonds. The van der Waals surface area contributed by atoms with Gasteiger partial charge in [0.2, 0.25) is 0 Å². The maximum Gasteiger partial charge on any atom is 0.196 e. The molecule has 2 N–H and O–H groups in total. The molecule has 0 bridgehead atoms. The fraction of sp³-hybridized carbons (Fsp3) is 0.500. The minimum absolute atomic E-state index is 0.401. The van der Waals surface area contributed by atoms with E-state index in [1.165, 1.54) is 29.7 Å². The topological polar surface area (TPSA) is 41.6 Å². The van der Waals surface area contributed by atoms with Crippen molar-refractivity contribution in [3.8, 4) is 0 Å². The first-order chi connectivity index (χ1) is 10.0. The molecule has 3 atom stereocenters. The molecule has 0 fully saturated rings. The van der Waals surface area contributed by atoms with Crippen molar-refractivity contribution in [1.29, 1.82) is 0 Å². The largest absolute Gasteiger partial charge is 0.370 e. The summed E-state index contributed by atoms with van der Waals surface area (Å²) in [7, 11) is 0. The van der Waals surface area contributed by atoms with Gasteiger partial charge in [-0.2, -0.15) is 0 Å². The van der Waals surface area contributed by atoms with E-state index in [1.807, 2.05) is 0 Å². The highest BCUT2D eigenvalue weighted by Gasteiger charge is 2.35. The number of aliphatic imine (C=N–C) groups is 1. The first-order valence-corrected chi connectivity index (χ1v) is 7.87. The molecule has 0 spiro atoms. The number of benzene rings is 1. The molecule has 21 heavy (non-hydrogen) atoms. The zero-order chi connectivity index (χ0) is 15.0. The van der Waals surface area contributed by atoms with Gasteiger partial charge >= 0.3 is 0 Å². The Balaban J connectivity index is 1.87. The monoisotopic (exact) mass is 283 g/mol. The maximum atomic E-state index is 6.19. The van der Waals surface area contributed by atoms with Gasteiger partial charge in [-0.05, 0) is 56.2 Å². The van der Waals surface area contributed by atoms with Crippen LogP contribution in [0.25, 0.3) is 0 Å². The van der Waals surface area contributed by atoms with Gasteiger partial charge in [-0.1, -0.05) is 30.7 Å². The van der Waals surface area contributed by atoms with Gasteiger partial charge in [0.25, 0.3) is 0 Å². The van der Waals surface area contributed by atoms with Crippen LogP contribution in [0.15, 0.2) is 40.9 Å². The van der Waals surface area contributed by atoms with E-state index in [4.69, 9.17) is 5.73 Å². The van der Waals surface area contributed by atoms with Crippen molar-refractivity contribution in [2.24, 2.45) is 22.6 Å². The number of hydrogen-bond donors (Lipinski definition) is 1. The van der Waals surface area contributed by atoms with Crippen LogP contribution in [-0.4, -0.2) is 18.5 Å². The smallest absolute Gasteiger partial charge is 0.196 e. The Hall–Kier alpha value is -1.77. The predicted octanol–water partition coefficient (Wildman–Crippen LogP) is 3.49. The van der Waals surface area contributed by atoms with Gasteiger partial charge in [-0.3, -0.25) is 4.99 Å². The van der Waals surface area contributed by atoms with E-state index in [1.54, 1.807) is 0 Å². The van der Waals surface area contributed by atoms with Crippen molar-refractivity contribution >= 4 is 11.6 Å². The fourth-order valence-electron chi connectivity index (χ4n) is 3.87. The van der Waals surface area contributed by atoms with E-state index < -0.39 is 0 Å². The van der Waals surface area contributed by atoms with Gasteiger partial charge in [0, 0.05) is 5.69 Å². The Morgan fingerprint density at radius 2 is 2.10 bits per heavy atom. The Morgan fingerprint density at radius 3 is 2.81 bits per heavy atom. The average Bonchev–Trinajstić information content (AvgIpc) is 2.79. The summed E-state index contributed by atoms with van der Waals surface area (Å²) in [5.74, 6) is 1.96. The van der Waals surface area contributed by atoms with Crippen molar-refractivity contribution in [2.45, 2.75) is 39.7 Å². The Morgan fingerprint density at radius 1 is 1.29 bits per heavy atom. The zero-order valence-electron chi connectivity index (χ0n) is 13.2. The quantitative estimate of drug-likeness (QED) is 0.844. The normalized spacial score (nSPS) is 29.3. The molecule has 3 heteroatoms. The van der Waals surface area contributed by atoms with Crippen LogP contribution in [0.1, 0.15) is 32.3 Å². The molecule has 0 radical (unpaired) electrons. The highest BCUT2D eigenvalue weighted by Crippen LogP contribution is 2.35. The highest BCUT2D eigenvalue weighted by atomic mass is 15.3. The van der Waals surface area contributed by atoms with Crippen molar-refractivity contribution in [2.75, 3.05) is 11.4 Å². The van der Waals surface area contributed by atoms with E-state index in [0.29, 0.717) is 23.8 Å². The van der Waals surface area contributed by atoms with Crippen molar-refractivity contribution < 1.29 is 0 Å². The van der Waals surface area contributed by atoms with Gasteiger partial charge < -0.3 is 10.6 Å². The van der Waals surface area contributed by atoms with E-state index in [-0.39, 0.29) is 0 Å². The second kappa shape index (κ2) is 5.55. The van der Waals surface area contributed by atoms with E-state index in [0.717, 1.165) is 6.54 Å². The van der Waals surface area contributed by atoms with Gasteiger partial charge in [0.1, 0.15) is 0 Å². The third-order valence-corrected chi connectivity index (χ3v) is 4.67. The molecule has 1 aromatic rings. The van der Waals surface area contributed by atoms with Crippen LogP contribution < -0.4 is 10.6 Å². The molecule has 2 aliphatic rings. The molecule has 1 aliphatic heterocycles. The van der Waals surface area contributed by atoms with Crippen molar-refractivity contribution in [3.05, 3.63) is 41.5 Å². The number of aryl methyl sites for hydroxylation is 1. The molecular formula is C18H25N3. The second-order valence-corrected chi connectivity index (χ2v) is 6.67. The Labute approximate surface area is 127 Å². The number of rotatable bonds is 2. The van der Waals surface area contributed by atoms with E-state index >= 15 is 0 Å². The molecule has 1 aromatic carbocycles. The van der Waals surface area contributed by atoms with Gasteiger partial charge in [-0.15, -0.1) is 0 Å². The summed E-state index contributed by atoms with van der Waals surface area (Å²) in [5, 5.41) is 0. The summed E-state index contributed by atoms with van der Waals surface area (Å²) in [6, 6.07) is 8.97. The standard InChI is InChI=1S/C18H25N3/c1-12-5-4-6-16(10-12)21-17(11-20-18(21)19)15-8-13(2)7-14(3)9-15/h4-7,10,13,15,17H,8-9,11H2,1-3H3,(H2,19,20). The van der Waals surface area contributed by atoms with Crippen LogP contribution >= 0.6 is 0 Å². The van der Waals surface area contributed by atoms with Gasteiger partial charge in [0.05, 0.1) is 12.6 Å². The lowest BCUT2D eigenvalue weighted by Gasteiger charge is -2.36. The van der Waals surface area contributed by atoms with Gasteiger partial charge in [-0.25, -0.2) is 0 Å². The SMILES string of the molecule is CC1=CC(C)CC(C2CN=C(N)N2c2cccc(C)c2)C1. The van der Waals surface area contributed by atoms with Crippen LogP contribution in [0, 0.1) is 18.8 Å². The molecule has 112 valence electrons. The number of allylic oxidation sites excluding steroid dienone is 2. The molecular weight excluding hydrogens is 258 g/mol. The van der Waals surface area contributed by atoms with E-state index in [2.05, 4.69) is 61.0 Å². The van der Waals surface area contributed by atoms with E-state index in [9.17, 15) is 0 Å². The summed E-state index contributed by atoms with van der Waals surface area (Å²) < 4.78 is 0. The maximum absolute atomic E-state index is 6.19. The highest BCUT2D eigenvalue weighted by molar-refractivity contribution is 5.97.